The van der Waals surface area contributed by atoms with E-state index in [1.807, 2.05) is 0 Å². The third-order valence-corrected chi connectivity index (χ3v) is 7.20. The number of anilines is 1. The van der Waals surface area contributed by atoms with Gasteiger partial charge in [0.05, 0.1) is 4.92 Å². The number of hydrogen-bond acceptors (Lipinski definition) is 6. The summed E-state index contributed by atoms with van der Waals surface area (Å²) in [6, 6.07) is 1.11. The van der Waals surface area contributed by atoms with Crippen LogP contribution in [-0.2, 0) is 10.0 Å². The molecular weight excluding hydrogens is 314 g/mol. The smallest absolute Gasteiger partial charge is 0.304 e. The maximum absolute atomic E-state index is 12.3. The molecule has 1 heterocycles. The van der Waals surface area contributed by atoms with E-state index in [0.717, 1.165) is 43.1 Å². The van der Waals surface area contributed by atoms with Gasteiger partial charge in [0, 0.05) is 19.7 Å². The first-order chi connectivity index (χ1) is 9.83. The minimum absolute atomic E-state index is 0.0240. The lowest BCUT2D eigenvalue weighted by Gasteiger charge is -2.41. The van der Waals surface area contributed by atoms with Gasteiger partial charge < -0.3 is 5.32 Å². The van der Waals surface area contributed by atoms with Gasteiger partial charge in [0.1, 0.15) is 4.21 Å². The molecule has 0 aromatic carbocycles. The molecular formula is C12H19N3O4S2. The van der Waals surface area contributed by atoms with E-state index >= 15 is 0 Å². The molecule has 0 amide bonds. The summed E-state index contributed by atoms with van der Waals surface area (Å²) in [4.78, 5) is 10.3. The van der Waals surface area contributed by atoms with Crippen LogP contribution >= 0.6 is 11.3 Å². The lowest BCUT2D eigenvalue weighted by molar-refractivity contribution is -0.383. The molecule has 1 aliphatic rings. The second-order valence-electron chi connectivity index (χ2n) is 5.32. The van der Waals surface area contributed by atoms with Crippen LogP contribution in [0.2, 0.25) is 0 Å². The molecule has 0 unspecified atom stereocenters. The summed E-state index contributed by atoms with van der Waals surface area (Å²) < 4.78 is 27.2. The summed E-state index contributed by atoms with van der Waals surface area (Å²) in [6.07, 6.45) is 4.11. The number of thiophene rings is 1. The van der Waals surface area contributed by atoms with Crippen LogP contribution in [0.3, 0.4) is 0 Å². The number of rotatable bonds is 7. The van der Waals surface area contributed by atoms with Crippen molar-refractivity contribution in [2.75, 3.05) is 18.9 Å². The largest absolute Gasteiger partial charge is 0.374 e. The molecule has 118 valence electrons. The van der Waals surface area contributed by atoms with Crippen molar-refractivity contribution in [2.45, 2.75) is 36.8 Å². The quantitative estimate of drug-likeness (QED) is 0.590. The first-order valence-corrected chi connectivity index (χ1v) is 9.09. The van der Waals surface area contributed by atoms with Crippen LogP contribution in [-0.4, -0.2) is 26.9 Å². The van der Waals surface area contributed by atoms with Crippen LogP contribution in [0.1, 0.15) is 32.6 Å². The molecule has 0 aliphatic heterocycles. The highest BCUT2D eigenvalue weighted by Crippen LogP contribution is 2.43. The van der Waals surface area contributed by atoms with Crippen molar-refractivity contribution in [2.24, 2.45) is 5.41 Å². The Morgan fingerprint density at radius 3 is 2.52 bits per heavy atom. The van der Waals surface area contributed by atoms with Crippen LogP contribution < -0.4 is 10.0 Å². The monoisotopic (exact) mass is 333 g/mol. The van der Waals surface area contributed by atoms with Gasteiger partial charge in [-0.3, -0.25) is 10.1 Å². The van der Waals surface area contributed by atoms with Crippen molar-refractivity contribution < 1.29 is 13.3 Å². The van der Waals surface area contributed by atoms with E-state index in [9.17, 15) is 18.5 Å². The molecule has 0 atom stereocenters. The Kier molecular flexibility index (Phi) is 4.54. The molecule has 1 aromatic heterocycles. The fraction of sp³-hybridized carbons (Fsp3) is 0.667. The molecule has 1 aliphatic carbocycles. The summed E-state index contributed by atoms with van der Waals surface area (Å²) in [5, 5.41) is 13.8. The Hall–Kier alpha value is -1.19. The minimum Gasteiger partial charge on any atom is -0.374 e. The summed E-state index contributed by atoms with van der Waals surface area (Å²) in [5.74, 6) is 0. The Bertz CT molecular complexity index is 629. The second-order valence-corrected chi connectivity index (χ2v) is 8.36. The van der Waals surface area contributed by atoms with Gasteiger partial charge in [-0.1, -0.05) is 24.7 Å². The summed E-state index contributed by atoms with van der Waals surface area (Å²) in [5.41, 5.74) is -0.154. The van der Waals surface area contributed by atoms with E-state index in [-0.39, 0.29) is 20.3 Å². The second kappa shape index (κ2) is 5.90. The highest BCUT2D eigenvalue weighted by atomic mass is 32.2. The third kappa shape index (κ3) is 3.19. The van der Waals surface area contributed by atoms with Gasteiger partial charge >= 0.3 is 5.69 Å². The van der Waals surface area contributed by atoms with Crippen molar-refractivity contribution in [1.82, 2.24) is 4.72 Å². The highest BCUT2D eigenvalue weighted by molar-refractivity contribution is 7.91. The summed E-state index contributed by atoms with van der Waals surface area (Å²) in [6.45, 7) is 2.45. The van der Waals surface area contributed by atoms with Gasteiger partial charge in [-0.25, -0.2) is 13.1 Å². The normalized spacial score (nSPS) is 17.2. The Morgan fingerprint density at radius 1 is 1.48 bits per heavy atom. The molecule has 0 spiro atoms. The summed E-state index contributed by atoms with van der Waals surface area (Å²) in [7, 11) is -2.17. The zero-order valence-electron chi connectivity index (χ0n) is 12.0. The average Bonchev–Trinajstić information content (AvgIpc) is 2.83. The first kappa shape index (κ1) is 16.2. The number of nitrogens with zero attached hydrogens (tertiary/aromatic N) is 1. The molecule has 1 fully saturated rings. The van der Waals surface area contributed by atoms with E-state index in [0.29, 0.717) is 6.54 Å². The van der Waals surface area contributed by atoms with Gasteiger partial charge in [-0.15, -0.1) is 0 Å². The summed E-state index contributed by atoms with van der Waals surface area (Å²) >= 11 is 0.875. The van der Waals surface area contributed by atoms with Crippen molar-refractivity contribution in [3.05, 3.63) is 16.2 Å². The van der Waals surface area contributed by atoms with E-state index in [2.05, 4.69) is 17.0 Å². The van der Waals surface area contributed by atoms with E-state index < -0.39 is 14.9 Å². The van der Waals surface area contributed by atoms with E-state index in [1.165, 1.54) is 7.05 Å². The molecule has 1 saturated carbocycles. The Labute approximate surface area is 127 Å². The Morgan fingerprint density at radius 2 is 2.14 bits per heavy atom. The molecule has 9 heteroatoms. The van der Waals surface area contributed by atoms with Crippen LogP contribution in [0, 0.1) is 15.5 Å². The molecule has 7 nitrogen and oxygen atoms in total. The average molecular weight is 333 g/mol. The van der Waals surface area contributed by atoms with Crippen LogP contribution in [0.15, 0.2) is 10.3 Å². The molecule has 0 radical (unpaired) electrons. The predicted octanol–water partition coefficient (Wildman–Crippen LogP) is 2.56. The molecule has 0 bridgehead atoms. The number of nitrogens with one attached hydrogen (secondary N) is 2. The molecule has 21 heavy (non-hydrogen) atoms. The van der Waals surface area contributed by atoms with Crippen molar-refractivity contribution in [3.8, 4) is 0 Å². The van der Waals surface area contributed by atoms with Crippen LogP contribution in [0.25, 0.3) is 0 Å². The van der Waals surface area contributed by atoms with Gasteiger partial charge in [0.25, 0.3) is 0 Å². The fourth-order valence-electron chi connectivity index (χ4n) is 2.46. The lowest BCUT2D eigenvalue weighted by atomic mass is 9.67. The molecule has 2 rings (SSSR count). The Balaban J connectivity index is 2.18. The van der Waals surface area contributed by atoms with Crippen molar-refractivity contribution >= 4 is 32.0 Å². The standard InChI is InChI=1S/C12H19N3O4S2/c1-3-12(5-4-6-12)8-14-21(18,19)10-7-9(15(16)17)11(13-2)20-10/h7,13-14H,3-6,8H2,1-2H3. The zero-order chi connectivity index (χ0) is 15.7. The van der Waals surface area contributed by atoms with Gasteiger partial charge in [0.2, 0.25) is 10.0 Å². The fourth-order valence-corrected chi connectivity index (χ4v) is 4.94. The lowest BCUT2D eigenvalue weighted by Crippen LogP contribution is -2.41. The third-order valence-electron chi connectivity index (χ3n) is 4.18. The first-order valence-electron chi connectivity index (χ1n) is 6.79. The molecule has 2 N–H and O–H groups in total. The zero-order valence-corrected chi connectivity index (χ0v) is 13.6. The van der Waals surface area contributed by atoms with E-state index in [4.69, 9.17) is 0 Å². The van der Waals surface area contributed by atoms with Crippen molar-refractivity contribution in [1.29, 1.82) is 0 Å². The maximum Gasteiger partial charge on any atom is 0.304 e. The predicted molar refractivity (Wildman–Crippen MR) is 82.3 cm³/mol. The number of nitro groups is 1. The minimum atomic E-state index is -3.70. The topological polar surface area (TPSA) is 101 Å². The molecule has 0 saturated heterocycles. The van der Waals surface area contributed by atoms with Crippen LogP contribution in [0.5, 0.6) is 0 Å². The molecule has 1 aromatic rings. The van der Waals surface area contributed by atoms with Crippen molar-refractivity contribution in [3.63, 3.8) is 0 Å². The van der Waals surface area contributed by atoms with Crippen LogP contribution in [0.4, 0.5) is 10.7 Å². The maximum atomic E-state index is 12.3. The van der Waals surface area contributed by atoms with Gasteiger partial charge in [-0.2, -0.15) is 0 Å². The SMILES string of the molecule is CCC1(CNS(=O)(=O)c2cc([N+](=O)[O-])c(NC)s2)CCC1. The van der Waals surface area contributed by atoms with Gasteiger partial charge in [0.15, 0.2) is 5.00 Å². The van der Waals surface area contributed by atoms with Gasteiger partial charge in [-0.05, 0) is 24.7 Å². The highest BCUT2D eigenvalue weighted by Gasteiger charge is 2.36. The van der Waals surface area contributed by atoms with E-state index in [1.54, 1.807) is 0 Å². The number of sulfonamides is 1. The number of hydrogen-bond donors (Lipinski definition) is 2.